The molecule has 2 heterocycles. The van der Waals surface area contributed by atoms with E-state index in [0.717, 1.165) is 5.56 Å². The van der Waals surface area contributed by atoms with Crippen molar-refractivity contribution in [2.24, 2.45) is 0 Å². The smallest absolute Gasteiger partial charge is 0.410 e. The number of nitrogens with one attached hydrogen (secondary N) is 1. The van der Waals surface area contributed by atoms with E-state index in [1.54, 1.807) is 25.7 Å². The van der Waals surface area contributed by atoms with Crippen LogP contribution < -0.4 is 15.0 Å². The highest BCUT2D eigenvalue weighted by Crippen LogP contribution is 2.53. The minimum atomic E-state index is -0.955. The molecule has 9 nitrogen and oxygen atoms in total. The number of aliphatic hydroxyl groups excluding tert-OH is 2. The molecular weight excluding hydrogens is 608 g/mol. The molecule has 1 saturated heterocycles. The number of aliphatic hydroxyl groups is 2. The van der Waals surface area contributed by atoms with E-state index < -0.39 is 34.8 Å². The number of hydrogen-bond acceptors (Lipinski definition) is 7. The number of piperazine rings is 1. The molecule has 0 bridgehead atoms. The topological polar surface area (TPSA) is 112 Å². The fourth-order valence-corrected chi connectivity index (χ4v) is 6.41. The van der Waals surface area contributed by atoms with Crippen molar-refractivity contribution in [2.75, 3.05) is 50.9 Å². The molecule has 0 aromatic heterocycles. The molecule has 2 amide bonds. The lowest BCUT2D eigenvalue weighted by atomic mass is 9.82. The Morgan fingerprint density at radius 1 is 1.04 bits per heavy atom. The number of hydrogen-bond donors (Lipinski definition) is 3. The number of benzene rings is 3. The van der Waals surface area contributed by atoms with E-state index in [2.05, 4.69) is 5.32 Å². The third-order valence-corrected chi connectivity index (χ3v) is 8.31. The lowest BCUT2D eigenvalue weighted by Gasteiger charge is -2.48. The van der Waals surface area contributed by atoms with Crippen LogP contribution in [0, 0.1) is 11.6 Å². The van der Waals surface area contributed by atoms with E-state index in [9.17, 15) is 19.8 Å². The van der Waals surface area contributed by atoms with Gasteiger partial charge in [-0.3, -0.25) is 4.79 Å². The minimum absolute atomic E-state index is 0.0127. The second kappa shape index (κ2) is 12.8. The summed E-state index contributed by atoms with van der Waals surface area (Å²) in [6, 6.07) is 13.4. The van der Waals surface area contributed by atoms with Crippen molar-refractivity contribution in [3.05, 3.63) is 81.9 Å². The van der Waals surface area contributed by atoms with Crippen LogP contribution in [0.1, 0.15) is 42.3 Å². The Bertz CT molecular complexity index is 1600. The van der Waals surface area contributed by atoms with Gasteiger partial charge in [-0.2, -0.15) is 0 Å². The first-order valence-corrected chi connectivity index (χ1v) is 15.1. The lowest BCUT2D eigenvalue weighted by Crippen LogP contribution is -2.60. The van der Waals surface area contributed by atoms with Gasteiger partial charge in [-0.1, -0.05) is 41.9 Å². The highest BCUT2D eigenvalue weighted by Gasteiger charge is 2.51. The number of halogens is 3. The maximum atomic E-state index is 16.4. The predicted octanol–water partition coefficient (Wildman–Crippen LogP) is 4.89. The first kappa shape index (κ1) is 32.5. The second-order valence-electron chi connectivity index (χ2n) is 12.0. The molecule has 1 fully saturated rings. The van der Waals surface area contributed by atoms with Gasteiger partial charge in [0.05, 0.1) is 35.9 Å². The maximum Gasteiger partial charge on any atom is 0.410 e. The fourth-order valence-electron chi connectivity index (χ4n) is 6.14. The number of carbonyl (C=O) groups excluding carboxylic acids is 2. The van der Waals surface area contributed by atoms with Crippen molar-refractivity contribution < 1.29 is 38.1 Å². The summed E-state index contributed by atoms with van der Waals surface area (Å²) in [6.07, 6.45) is -0.291. The predicted molar refractivity (Wildman–Crippen MR) is 166 cm³/mol. The third-order valence-electron chi connectivity index (χ3n) is 7.94. The van der Waals surface area contributed by atoms with Gasteiger partial charge in [0, 0.05) is 42.9 Å². The molecule has 0 radical (unpaired) electrons. The molecule has 12 heteroatoms. The Balaban J connectivity index is 1.72. The van der Waals surface area contributed by atoms with E-state index in [4.69, 9.17) is 21.1 Å². The van der Waals surface area contributed by atoms with Crippen molar-refractivity contribution in [1.29, 1.82) is 0 Å². The summed E-state index contributed by atoms with van der Waals surface area (Å²) in [5.74, 6) is -2.72. The van der Waals surface area contributed by atoms with Crippen LogP contribution in [0.5, 0.6) is 5.75 Å². The zero-order valence-corrected chi connectivity index (χ0v) is 26.1. The number of carbonyl (C=O) groups is 2. The minimum Gasteiger partial charge on any atom is -0.488 e. The van der Waals surface area contributed by atoms with Crippen molar-refractivity contribution in [2.45, 2.75) is 38.3 Å². The van der Waals surface area contributed by atoms with Crippen LogP contribution in [-0.4, -0.2) is 78.7 Å². The maximum absolute atomic E-state index is 16.4. The number of anilines is 1. The lowest BCUT2D eigenvalue weighted by molar-refractivity contribution is 0.0164. The molecule has 1 atom stereocenters. The van der Waals surface area contributed by atoms with Gasteiger partial charge in [-0.05, 0) is 50.1 Å². The number of amides is 2. The van der Waals surface area contributed by atoms with Crippen LogP contribution in [-0.2, 0) is 16.7 Å². The Morgan fingerprint density at radius 3 is 2.44 bits per heavy atom. The monoisotopic (exact) mass is 643 g/mol. The van der Waals surface area contributed by atoms with Gasteiger partial charge in [0.2, 0.25) is 0 Å². The molecule has 45 heavy (non-hydrogen) atoms. The quantitative estimate of drug-likeness (QED) is 0.321. The first-order chi connectivity index (χ1) is 21.4. The molecule has 1 unspecified atom stereocenters. The van der Waals surface area contributed by atoms with Crippen LogP contribution in [0.3, 0.4) is 0 Å². The number of fused-ring (bicyclic) bond motifs is 3. The summed E-state index contributed by atoms with van der Waals surface area (Å²) in [5.41, 5.74) is -0.238. The summed E-state index contributed by atoms with van der Waals surface area (Å²) >= 11 is 6.66. The van der Waals surface area contributed by atoms with E-state index in [1.807, 2.05) is 35.2 Å². The van der Waals surface area contributed by atoms with Crippen LogP contribution in [0.2, 0.25) is 5.02 Å². The van der Waals surface area contributed by atoms with E-state index in [0.29, 0.717) is 17.8 Å². The van der Waals surface area contributed by atoms with Crippen LogP contribution >= 0.6 is 11.6 Å². The summed E-state index contributed by atoms with van der Waals surface area (Å²) in [4.78, 5) is 30.2. The number of nitrogens with zero attached hydrogens (tertiary/aromatic N) is 2. The molecular formula is C33H36ClF2N3O6. The molecule has 2 aliphatic rings. The van der Waals surface area contributed by atoms with Crippen molar-refractivity contribution in [3.8, 4) is 16.9 Å². The average Bonchev–Trinajstić information content (AvgIpc) is 3.34. The second-order valence-corrected chi connectivity index (χ2v) is 12.4. The van der Waals surface area contributed by atoms with Gasteiger partial charge in [0.15, 0.2) is 11.6 Å². The van der Waals surface area contributed by atoms with Gasteiger partial charge in [0.1, 0.15) is 18.0 Å². The Labute approximate surface area is 265 Å². The highest BCUT2D eigenvalue weighted by molar-refractivity contribution is 6.34. The van der Waals surface area contributed by atoms with Crippen molar-refractivity contribution in [1.82, 2.24) is 10.2 Å². The van der Waals surface area contributed by atoms with Crippen LogP contribution in [0.25, 0.3) is 11.1 Å². The van der Waals surface area contributed by atoms with E-state index in [1.165, 1.54) is 18.2 Å². The van der Waals surface area contributed by atoms with Crippen LogP contribution in [0.15, 0.2) is 48.5 Å². The Kier molecular flexibility index (Phi) is 9.25. The first-order valence-electron chi connectivity index (χ1n) is 14.7. The molecule has 5 rings (SSSR count). The summed E-state index contributed by atoms with van der Waals surface area (Å²) in [5, 5.41) is 20.7. The highest BCUT2D eigenvalue weighted by atomic mass is 35.5. The van der Waals surface area contributed by atoms with Crippen molar-refractivity contribution in [3.63, 3.8) is 0 Å². The molecule has 0 saturated carbocycles. The SMILES string of the molecule is CC(C)(C)OC(=O)N1CCN2c3cc(F)c(Cl)c(-c4c(C(=O)NCCO)ccc(OCCO)c4F)c3CC2(c2ccccc2)C1. The van der Waals surface area contributed by atoms with Gasteiger partial charge in [-0.15, -0.1) is 0 Å². The summed E-state index contributed by atoms with van der Waals surface area (Å²) in [6.45, 7) is 5.12. The zero-order chi connectivity index (χ0) is 32.5. The standard InChI is InChI=1S/C33H36ClF2N3O6/c1-32(2,3)45-31(43)38-12-13-39-24-17-23(35)28(34)26(22(24)18-33(39,19-38)20-7-5-4-6-8-20)27-21(30(42)37-11-14-40)9-10-25(29(27)36)44-16-15-41/h4-10,17,40-41H,11-16,18-19H2,1-3H3,(H,37,42). The van der Waals surface area contributed by atoms with Gasteiger partial charge in [0.25, 0.3) is 5.91 Å². The number of rotatable bonds is 8. The summed E-state index contributed by atoms with van der Waals surface area (Å²) < 4.78 is 43.3. The zero-order valence-electron chi connectivity index (χ0n) is 25.3. The third kappa shape index (κ3) is 6.16. The fraction of sp³-hybridized carbons (Fsp3) is 0.394. The van der Waals surface area contributed by atoms with Gasteiger partial charge < -0.3 is 34.8 Å². The molecule has 0 spiro atoms. The largest absolute Gasteiger partial charge is 0.488 e. The molecule has 0 aliphatic carbocycles. The normalized spacial score (nSPS) is 17.5. The molecule has 240 valence electrons. The van der Waals surface area contributed by atoms with Crippen molar-refractivity contribution >= 4 is 29.3 Å². The van der Waals surface area contributed by atoms with Gasteiger partial charge >= 0.3 is 6.09 Å². The molecule has 3 aromatic rings. The van der Waals surface area contributed by atoms with Crippen LogP contribution in [0.4, 0.5) is 19.3 Å². The average molecular weight is 644 g/mol. The number of ether oxygens (including phenoxy) is 2. The molecule has 3 N–H and O–H groups in total. The molecule has 2 aliphatic heterocycles. The van der Waals surface area contributed by atoms with Gasteiger partial charge in [-0.25, -0.2) is 13.6 Å². The van der Waals surface area contributed by atoms with E-state index >= 15 is 8.78 Å². The molecule has 3 aromatic carbocycles. The van der Waals surface area contributed by atoms with E-state index in [-0.39, 0.29) is 73.3 Å². The summed E-state index contributed by atoms with van der Waals surface area (Å²) in [7, 11) is 0. The Hall–Kier alpha value is -3.93. The Morgan fingerprint density at radius 2 is 1.78 bits per heavy atom.